The van der Waals surface area contributed by atoms with Gasteiger partial charge in [0.2, 0.25) is 5.91 Å². The summed E-state index contributed by atoms with van der Waals surface area (Å²) < 4.78 is 19.1. The fraction of sp³-hybridized carbons (Fsp3) is 0.400. The van der Waals surface area contributed by atoms with Crippen LogP contribution < -0.4 is 0 Å². The molecule has 6 heteroatoms. The van der Waals surface area contributed by atoms with Crippen molar-refractivity contribution in [3.05, 3.63) is 94.7 Å². The molecule has 0 saturated carbocycles. The molecule has 0 aliphatic carbocycles. The van der Waals surface area contributed by atoms with Crippen LogP contribution in [0.25, 0.3) is 0 Å². The van der Waals surface area contributed by atoms with Crippen molar-refractivity contribution in [1.29, 1.82) is 0 Å². The summed E-state index contributed by atoms with van der Waals surface area (Å²) in [6.45, 7) is 9.04. The van der Waals surface area contributed by atoms with Crippen LogP contribution in [0.5, 0.6) is 0 Å². The Bertz CT molecular complexity index is 1120. The minimum atomic E-state index is -0.326. The predicted octanol–water partition coefficient (Wildman–Crippen LogP) is 6.40. The first-order chi connectivity index (χ1) is 17.2. The van der Waals surface area contributed by atoms with Gasteiger partial charge in [0.05, 0.1) is 6.54 Å². The molecule has 0 saturated heterocycles. The van der Waals surface area contributed by atoms with Crippen molar-refractivity contribution in [3.63, 3.8) is 0 Å². The third-order valence-corrected chi connectivity index (χ3v) is 6.00. The van der Waals surface area contributed by atoms with Gasteiger partial charge in [0.15, 0.2) is 0 Å². The maximum absolute atomic E-state index is 13.5. The highest BCUT2D eigenvalue weighted by atomic mass is 19.1. The summed E-state index contributed by atoms with van der Waals surface area (Å²) in [6.07, 6.45) is 3.22. The van der Waals surface area contributed by atoms with E-state index in [2.05, 4.69) is 6.92 Å². The Morgan fingerprint density at radius 3 is 2.14 bits per heavy atom. The van der Waals surface area contributed by atoms with Gasteiger partial charge in [0.25, 0.3) is 5.91 Å². The topological polar surface area (TPSA) is 53.8 Å². The highest BCUT2D eigenvalue weighted by Gasteiger charge is 2.24. The van der Waals surface area contributed by atoms with Crippen LogP contribution in [0.3, 0.4) is 0 Å². The summed E-state index contributed by atoms with van der Waals surface area (Å²) in [5, 5.41) is 0. The highest BCUT2D eigenvalue weighted by Crippen LogP contribution is 2.16. The molecule has 36 heavy (non-hydrogen) atoms. The van der Waals surface area contributed by atoms with E-state index in [0.29, 0.717) is 17.9 Å². The Morgan fingerprint density at radius 2 is 1.56 bits per heavy atom. The van der Waals surface area contributed by atoms with Gasteiger partial charge in [-0.15, -0.1) is 0 Å². The Labute approximate surface area is 213 Å². The number of halogens is 1. The summed E-state index contributed by atoms with van der Waals surface area (Å²) in [4.78, 5) is 30.2. The van der Waals surface area contributed by atoms with E-state index in [1.165, 1.54) is 17.7 Å². The number of rotatable bonds is 12. The smallest absolute Gasteiger partial charge is 0.254 e. The van der Waals surface area contributed by atoms with Crippen LogP contribution in [0.15, 0.2) is 65.1 Å². The second-order valence-corrected chi connectivity index (χ2v) is 9.77. The first-order valence-corrected chi connectivity index (χ1v) is 12.7. The molecule has 1 aromatic heterocycles. The lowest BCUT2D eigenvalue weighted by Gasteiger charge is -2.28. The van der Waals surface area contributed by atoms with Crippen LogP contribution in [0, 0.1) is 18.7 Å². The number of furan rings is 1. The number of hydrogen-bond acceptors (Lipinski definition) is 3. The van der Waals surface area contributed by atoms with Crippen LogP contribution >= 0.6 is 0 Å². The summed E-state index contributed by atoms with van der Waals surface area (Å²) in [5.74, 6) is 0.943. The van der Waals surface area contributed by atoms with E-state index in [1.54, 1.807) is 21.9 Å². The average molecular weight is 493 g/mol. The van der Waals surface area contributed by atoms with Gasteiger partial charge in [-0.05, 0) is 73.2 Å². The molecule has 2 aromatic carbocycles. The number of unbranched alkanes of at least 4 members (excludes halogenated alkanes) is 1. The molecule has 0 fully saturated rings. The number of carbonyl (C=O) groups is 2. The molecule has 192 valence electrons. The molecular weight excluding hydrogens is 455 g/mol. The second-order valence-electron chi connectivity index (χ2n) is 9.77. The molecule has 2 amide bonds. The Morgan fingerprint density at radius 1 is 0.889 bits per heavy atom. The number of amides is 2. The van der Waals surface area contributed by atoms with Crippen molar-refractivity contribution in [1.82, 2.24) is 9.80 Å². The lowest BCUT2D eigenvalue weighted by Crippen LogP contribution is -2.43. The summed E-state index contributed by atoms with van der Waals surface area (Å²) >= 11 is 0. The normalized spacial score (nSPS) is 11.1. The first kappa shape index (κ1) is 27.2. The van der Waals surface area contributed by atoms with E-state index < -0.39 is 0 Å². The van der Waals surface area contributed by atoms with Gasteiger partial charge in [0.1, 0.15) is 23.9 Å². The van der Waals surface area contributed by atoms with Gasteiger partial charge in [-0.25, -0.2) is 4.39 Å². The minimum absolute atomic E-state index is 0.0461. The van der Waals surface area contributed by atoms with Crippen LogP contribution in [-0.4, -0.2) is 34.7 Å². The maximum atomic E-state index is 13.5. The van der Waals surface area contributed by atoms with Gasteiger partial charge >= 0.3 is 0 Å². The molecular formula is C30H37FN2O3. The van der Waals surface area contributed by atoms with E-state index in [-0.39, 0.29) is 43.2 Å². The number of hydrogen-bond donors (Lipinski definition) is 0. The summed E-state index contributed by atoms with van der Waals surface area (Å²) in [6, 6.07) is 17.5. The van der Waals surface area contributed by atoms with Crippen LogP contribution in [0.2, 0.25) is 0 Å². The van der Waals surface area contributed by atoms with E-state index in [4.69, 9.17) is 4.42 Å². The van der Waals surface area contributed by atoms with Crippen molar-refractivity contribution in [2.24, 2.45) is 5.92 Å². The molecule has 0 unspecified atom stereocenters. The van der Waals surface area contributed by atoms with Crippen LogP contribution in [0.1, 0.15) is 66.6 Å². The lowest BCUT2D eigenvalue weighted by molar-refractivity contribution is -0.133. The zero-order valence-corrected chi connectivity index (χ0v) is 21.8. The van der Waals surface area contributed by atoms with Gasteiger partial charge in [-0.2, -0.15) is 0 Å². The SMILES string of the molecule is CCCCc1ccc(C(=O)N(CC(=O)N(Cc2ccc(F)cc2)Cc2ccc(C)o2)CC(C)C)cc1. The first-order valence-electron chi connectivity index (χ1n) is 12.7. The quantitative estimate of drug-likeness (QED) is 0.294. The molecule has 3 aromatic rings. The van der Waals surface area contributed by atoms with E-state index in [1.807, 2.05) is 57.2 Å². The van der Waals surface area contributed by atoms with E-state index in [9.17, 15) is 14.0 Å². The van der Waals surface area contributed by atoms with Crippen molar-refractivity contribution in [2.75, 3.05) is 13.1 Å². The Balaban J connectivity index is 1.79. The maximum Gasteiger partial charge on any atom is 0.254 e. The van der Waals surface area contributed by atoms with Crippen LogP contribution in [-0.2, 0) is 24.3 Å². The van der Waals surface area contributed by atoms with Crippen molar-refractivity contribution >= 4 is 11.8 Å². The molecule has 0 radical (unpaired) electrons. The Kier molecular flexibility index (Phi) is 9.86. The third-order valence-electron chi connectivity index (χ3n) is 6.00. The summed E-state index contributed by atoms with van der Waals surface area (Å²) in [7, 11) is 0. The molecule has 5 nitrogen and oxygen atoms in total. The molecule has 0 bridgehead atoms. The predicted molar refractivity (Wildman–Crippen MR) is 140 cm³/mol. The third kappa shape index (κ3) is 8.08. The lowest BCUT2D eigenvalue weighted by atomic mass is 10.1. The minimum Gasteiger partial charge on any atom is -0.464 e. The fourth-order valence-electron chi connectivity index (χ4n) is 4.10. The Hall–Kier alpha value is -3.41. The van der Waals surface area contributed by atoms with Crippen LogP contribution in [0.4, 0.5) is 4.39 Å². The number of carbonyl (C=O) groups excluding carboxylic acids is 2. The summed E-state index contributed by atoms with van der Waals surface area (Å²) in [5.41, 5.74) is 2.59. The largest absolute Gasteiger partial charge is 0.464 e. The van der Waals surface area contributed by atoms with Gasteiger partial charge in [-0.3, -0.25) is 9.59 Å². The molecule has 0 aliphatic rings. The van der Waals surface area contributed by atoms with Gasteiger partial charge < -0.3 is 14.2 Å². The van der Waals surface area contributed by atoms with Gasteiger partial charge in [0, 0.05) is 18.7 Å². The molecule has 1 heterocycles. The van der Waals surface area contributed by atoms with Crippen molar-refractivity contribution in [2.45, 2.75) is 60.0 Å². The van der Waals surface area contributed by atoms with E-state index >= 15 is 0 Å². The zero-order chi connectivity index (χ0) is 26.1. The fourth-order valence-corrected chi connectivity index (χ4v) is 4.10. The number of nitrogens with zero attached hydrogens (tertiary/aromatic N) is 2. The number of benzene rings is 2. The van der Waals surface area contributed by atoms with E-state index in [0.717, 1.165) is 30.6 Å². The standard InChI is InChI=1S/C30H37FN2O3/c1-5-6-7-24-9-13-26(14-10-24)30(35)33(18-22(2)3)21-29(34)32(20-28-17-8-23(4)36-28)19-25-11-15-27(31)16-12-25/h8-17,22H,5-7,18-21H2,1-4H3. The second kappa shape index (κ2) is 13.1. The average Bonchev–Trinajstić information content (AvgIpc) is 3.27. The zero-order valence-electron chi connectivity index (χ0n) is 21.8. The van der Waals surface area contributed by atoms with Crippen molar-refractivity contribution < 1.29 is 18.4 Å². The highest BCUT2D eigenvalue weighted by molar-refractivity contribution is 5.96. The molecule has 0 aliphatic heterocycles. The number of aryl methyl sites for hydroxylation is 2. The monoisotopic (exact) mass is 492 g/mol. The van der Waals surface area contributed by atoms with Crippen molar-refractivity contribution in [3.8, 4) is 0 Å². The molecule has 0 atom stereocenters. The molecule has 0 spiro atoms. The molecule has 3 rings (SSSR count). The van der Waals surface area contributed by atoms with Gasteiger partial charge in [-0.1, -0.05) is 51.5 Å². The molecule has 0 N–H and O–H groups in total.